The fourth-order valence-electron chi connectivity index (χ4n) is 5.81. The molecule has 0 bridgehead atoms. The molecule has 3 atom stereocenters. The predicted octanol–water partition coefficient (Wildman–Crippen LogP) is 6.91. The number of carboxylic acid groups (broad SMARTS) is 1. The third-order valence-corrected chi connectivity index (χ3v) is 7.89. The number of carboxylic acids is 1. The molecule has 1 heterocycles. The maximum Gasteiger partial charge on any atom is 0.303 e. The van der Waals surface area contributed by atoms with Crippen molar-refractivity contribution in [2.24, 2.45) is 10.9 Å². The van der Waals surface area contributed by atoms with Crippen molar-refractivity contribution in [3.8, 4) is 0 Å². The lowest BCUT2D eigenvalue weighted by Crippen LogP contribution is -2.45. The summed E-state index contributed by atoms with van der Waals surface area (Å²) in [5.41, 5.74) is 4.62. The number of para-hydroxylation sites is 2. The summed E-state index contributed by atoms with van der Waals surface area (Å²) in [7, 11) is 0. The highest BCUT2D eigenvalue weighted by molar-refractivity contribution is 6.13. The van der Waals surface area contributed by atoms with Crippen molar-refractivity contribution in [2.75, 3.05) is 4.90 Å². The van der Waals surface area contributed by atoms with Crippen molar-refractivity contribution in [1.82, 2.24) is 0 Å². The molecule has 5 rings (SSSR count). The van der Waals surface area contributed by atoms with E-state index in [2.05, 4.69) is 45.0 Å². The SMILES string of the molecule is CC(C)(C)c1ccc(C2CC(=O)C3C(=Nc4ccccc4N(C(=O)CCC(=O)O)C3c3ccc(F)cc3)C2)cc1. The van der Waals surface area contributed by atoms with Gasteiger partial charge in [0.2, 0.25) is 5.91 Å². The van der Waals surface area contributed by atoms with Crippen LogP contribution >= 0.6 is 0 Å². The smallest absolute Gasteiger partial charge is 0.303 e. The number of amides is 1. The number of benzene rings is 3. The van der Waals surface area contributed by atoms with Crippen molar-refractivity contribution in [3.63, 3.8) is 0 Å². The van der Waals surface area contributed by atoms with Gasteiger partial charge in [-0.25, -0.2) is 4.39 Å². The summed E-state index contributed by atoms with van der Waals surface area (Å²) < 4.78 is 14.0. The molecule has 0 aromatic heterocycles. The Morgan fingerprint density at radius 1 is 0.925 bits per heavy atom. The zero-order valence-electron chi connectivity index (χ0n) is 22.9. The van der Waals surface area contributed by atoms with Gasteiger partial charge < -0.3 is 10.0 Å². The Morgan fingerprint density at radius 3 is 2.23 bits per heavy atom. The van der Waals surface area contributed by atoms with E-state index in [-0.39, 0.29) is 36.4 Å². The molecule has 3 aromatic carbocycles. The first kappa shape index (κ1) is 27.4. The molecule has 40 heavy (non-hydrogen) atoms. The van der Waals surface area contributed by atoms with Gasteiger partial charge >= 0.3 is 5.97 Å². The minimum atomic E-state index is -1.08. The fourth-order valence-corrected chi connectivity index (χ4v) is 5.81. The van der Waals surface area contributed by atoms with Crippen LogP contribution in [-0.2, 0) is 19.8 Å². The molecular weight excluding hydrogens is 507 g/mol. The number of halogens is 1. The Kier molecular flexibility index (Phi) is 7.41. The molecule has 0 saturated heterocycles. The molecule has 1 fully saturated rings. The number of anilines is 1. The number of aliphatic carboxylic acids is 1. The van der Waals surface area contributed by atoms with E-state index in [4.69, 9.17) is 4.99 Å². The second-order valence-corrected chi connectivity index (χ2v) is 11.7. The average molecular weight is 541 g/mol. The topological polar surface area (TPSA) is 87.0 Å². The highest BCUT2D eigenvalue weighted by Gasteiger charge is 2.46. The largest absolute Gasteiger partial charge is 0.481 e. The van der Waals surface area contributed by atoms with Gasteiger partial charge in [0.1, 0.15) is 11.6 Å². The number of aliphatic imine (C=N–C) groups is 1. The molecule has 3 aromatic rings. The van der Waals surface area contributed by atoms with Gasteiger partial charge in [0.15, 0.2) is 0 Å². The van der Waals surface area contributed by atoms with E-state index in [0.29, 0.717) is 29.1 Å². The van der Waals surface area contributed by atoms with Gasteiger partial charge in [-0.05, 0) is 58.7 Å². The number of hydrogen-bond donors (Lipinski definition) is 1. The third kappa shape index (κ3) is 5.46. The van der Waals surface area contributed by atoms with Crippen LogP contribution in [0.3, 0.4) is 0 Å². The fraction of sp³-hybridized carbons (Fsp3) is 0.333. The Morgan fingerprint density at radius 2 is 1.57 bits per heavy atom. The molecule has 0 radical (unpaired) electrons. The summed E-state index contributed by atoms with van der Waals surface area (Å²) >= 11 is 0. The Balaban J connectivity index is 1.60. The lowest BCUT2D eigenvalue weighted by atomic mass is 9.71. The Bertz CT molecular complexity index is 1470. The van der Waals surface area contributed by atoms with Gasteiger partial charge in [-0.1, -0.05) is 69.3 Å². The first-order valence-electron chi connectivity index (χ1n) is 13.6. The van der Waals surface area contributed by atoms with Gasteiger partial charge in [0.05, 0.1) is 29.8 Å². The highest BCUT2D eigenvalue weighted by Crippen LogP contribution is 2.47. The highest BCUT2D eigenvalue weighted by atomic mass is 19.1. The molecule has 1 aliphatic carbocycles. The molecular formula is C33H33FN2O4. The van der Waals surface area contributed by atoms with Crippen LogP contribution in [-0.4, -0.2) is 28.5 Å². The lowest BCUT2D eigenvalue weighted by molar-refractivity contribution is -0.138. The van der Waals surface area contributed by atoms with Crippen LogP contribution in [0.15, 0.2) is 77.8 Å². The number of rotatable bonds is 5. The van der Waals surface area contributed by atoms with Gasteiger partial charge in [-0.15, -0.1) is 0 Å². The molecule has 7 heteroatoms. The van der Waals surface area contributed by atoms with E-state index >= 15 is 0 Å². The second kappa shape index (κ2) is 10.8. The average Bonchev–Trinajstić information content (AvgIpc) is 3.06. The zero-order valence-corrected chi connectivity index (χ0v) is 22.9. The van der Waals surface area contributed by atoms with Crippen molar-refractivity contribution >= 4 is 34.7 Å². The maximum absolute atomic E-state index is 14.0. The number of carbonyl (C=O) groups excluding carboxylic acids is 2. The number of Topliss-reactive ketones (excluding diaryl/α,β-unsaturated/α-hetero) is 1. The van der Waals surface area contributed by atoms with E-state index < -0.39 is 29.7 Å². The minimum Gasteiger partial charge on any atom is -0.481 e. The van der Waals surface area contributed by atoms with E-state index in [1.165, 1.54) is 22.6 Å². The molecule has 206 valence electrons. The summed E-state index contributed by atoms with van der Waals surface area (Å²) in [5, 5.41) is 9.26. The summed E-state index contributed by atoms with van der Waals surface area (Å²) in [6, 6.07) is 20.6. The van der Waals surface area contributed by atoms with Crippen molar-refractivity contribution in [2.45, 2.75) is 63.8 Å². The zero-order chi connectivity index (χ0) is 28.6. The standard InChI is InChI=1S/C33H33FN2O4/c1-33(2,3)23-12-8-20(9-13-23)22-18-26-31(28(37)19-22)32(21-10-14-24(34)15-11-21)36(29(38)16-17-30(39)40)27-7-5-4-6-25(27)35-26/h4-15,22,31-32H,16-19H2,1-3H3,(H,39,40). The first-order chi connectivity index (χ1) is 19.0. The summed E-state index contributed by atoms with van der Waals surface area (Å²) in [6.45, 7) is 6.48. The molecule has 2 aliphatic rings. The molecule has 3 unspecified atom stereocenters. The van der Waals surface area contributed by atoms with Crippen LogP contribution in [0, 0.1) is 11.7 Å². The van der Waals surface area contributed by atoms with Crippen molar-refractivity contribution < 1.29 is 23.9 Å². The van der Waals surface area contributed by atoms with Crippen LogP contribution in [0.4, 0.5) is 15.8 Å². The number of carbonyl (C=O) groups is 3. The van der Waals surface area contributed by atoms with Crippen molar-refractivity contribution in [1.29, 1.82) is 0 Å². The van der Waals surface area contributed by atoms with E-state index in [1.54, 1.807) is 30.3 Å². The molecule has 1 N–H and O–H groups in total. The van der Waals surface area contributed by atoms with Gasteiger partial charge in [0.25, 0.3) is 0 Å². The molecule has 1 aliphatic heterocycles. The van der Waals surface area contributed by atoms with Crippen LogP contribution in [0.1, 0.15) is 75.1 Å². The monoisotopic (exact) mass is 540 g/mol. The lowest BCUT2D eigenvalue weighted by Gasteiger charge is -2.39. The van der Waals surface area contributed by atoms with Crippen LogP contribution < -0.4 is 4.90 Å². The Hall–Kier alpha value is -4.13. The van der Waals surface area contributed by atoms with Crippen molar-refractivity contribution in [3.05, 3.63) is 95.3 Å². The number of hydrogen-bond acceptors (Lipinski definition) is 4. The first-order valence-corrected chi connectivity index (χ1v) is 13.6. The van der Waals surface area contributed by atoms with Crippen LogP contribution in [0.5, 0.6) is 0 Å². The molecule has 1 saturated carbocycles. The summed E-state index contributed by atoms with van der Waals surface area (Å²) in [5.74, 6) is -2.78. The van der Waals surface area contributed by atoms with Crippen LogP contribution in [0.25, 0.3) is 0 Å². The van der Waals surface area contributed by atoms with E-state index in [1.807, 2.05) is 6.07 Å². The predicted molar refractivity (Wildman–Crippen MR) is 153 cm³/mol. The molecule has 0 spiro atoms. The minimum absolute atomic E-state index is 0.0140. The second-order valence-electron chi connectivity index (χ2n) is 11.7. The van der Waals surface area contributed by atoms with E-state index in [0.717, 1.165) is 5.56 Å². The maximum atomic E-state index is 14.0. The van der Waals surface area contributed by atoms with Gasteiger partial charge in [-0.3, -0.25) is 19.4 Å². The number of nitrogens with zero attached hydrogens (tertiary/aromatic N) is 2. The van der Waals surface area contributed by atoms with Gasteiger partial charge in [-0.2, -0.15) is 0 Å². The number of fused-ring (bicyclic) bond motifs is 2. The quantitative estimate of drug-likeness (QED) is 0.381. The summed E-state index contributed by atoms with van der Waals surface area (Å²) in [6.07, 6.45) is 0.241. The van der Waals surface area contributed by atoms with Crippen LogP contribution in [0.2, 0.25) is 0 Å². The summed E-state index contributed by atoms with van der Waals surface area (Å²) in [4.78, 5) is 45.5. The number of ketones is 1. The Labute approximate surface area is 233 Å². The van der Waals surface area contributed by atoms with Gasteiger partial charge in [0, 0.05) is 18.6 Å². The molecule has 6 nitrogen and oxygen atoms in total. The molecule has 1 amide bonds. The van der Waals surface area contributed by atoms with E-state index in [9.17, 15) is 23.9 Å². The normalized spacial score (nSPS) is 20.7. The third-order valence-electron chi connectivity index (χ3n) is 7.89.